The molecule has 4 rings (SSSR count). The van der Waals surface area contributed by atoms with Crippen LogP contribution >= 0.6 is 0 Å². The molecule has 144 valence electrons. The summed E-state index contributed by atoms with van der Waals surface area (Å²) in [6, 6.07) is 19.5. The van der Waals surface area contributed by atoms with Crippen LogP contribution in [0.25, 0.3) is 11.0 Å². The third-order valence-corrected chi connectivity index (χ3v) is 4.72. The summed E-state index contributed by atoms with van der Waals surface area (Å²) < 4.78 is 7.34. The summed E-state index contributed by atoms with van der Waals surface area (Å²) in [5, 5.41) is 5.09. The van der Waals surface area contributed by atoms with Crippen molar-refractivity contribution in [3.8, 4) is 0 Å². The van der Waals surface area contributed by atoms with Crippen molar-refractivity contribution in [2.24, 2.45) is 7.05 Å². The predicted molar refractivity (Wildman–Crippen MR) is 109 cm³/mol. The zero-order valence-electron chi connectivity index (χ0n) is 16.1. The van der Waals surface area contributed by atoms with Gasteiger partial charge in [0, 0.05) is 29.8 Å². The molecule has 2 aromatic carbocycles. The first-order valence-electron chi connectivity index (χ1n) is 9.19. The van der Waals surface area contributed by atoms with Crippen LogP contribution in [0.3, 0.4) is 0 Å². The Morgan fingerprint density at radius 1 is 0.966 bits per heavy atom. The molecule has 0 aliphatic carbocycles. The maximum atomic E-state index is 13.1. The largest absolute Gasteiger partial charge is 0.445 e. The van der Waals surface area contributed by atoms with Crippen molar-refractivity contribution in [1.82, 2.24) is 14.8 Å². The normalized spacial score (nSPS) is 11.9. The summed E-state index contributed by atoms with van der Waals surface area (Å²) in [4.78, 5) is 30.3. The highest BCUT2D eigenvalue weighted by Crippen LogP contribution is 2.25. The number of Topliss-reactive ketones (excluding diaryl/α,β-unsaturated/α-hetero) is 1. The van der Waals surface area contributed by atoms with Gasteiger partial charge in [-0.25, -0.2) is 9.78 Å². The number of carbonyl (C=O) groups is 2. The summed E-state index contributed by atoms with van der Waals surface area (Å²) in [5.74, 6) is -0.891. The van der Waals surface area contributed by atoms with Crippen molar-refractivity contribution in [2.45, 2.75) is 13.0 Å². The summed E-state index contributed by atoms with van der Waals surface area (Å²) in [6.45, 7) is 1.85. The van der Waals surface area contributed by atoms with Crippen molar-refractivity contribution in [3.63, 3.8) is 0 Å². The minimum atomic E-state index is -1.04. The van der Waals surface area contributed by atoms with E-state index in [1.54, 1.807) is 66.3 Å². The number of hydrogen-bond acceptors (Lipinski definition) is 5. The summed E-state index contributed by atoms with van der Waals surface area (Å²) in [5.41, 5.74) is 2.81. The third-order valence-electron chi connectivity index (χ3n) is 4.72. The number of fused-ring (bicyclic) bond motifs is 1. The Hall–Kier alpha value is -3.80. The minimum Gasteiger partial charge on any atom is -0.445 e. The second-order valence-corrected chi connectivity index (χ2v) is 6.73. The molecular weight excluding hydrogens is 366 g/mol. The molecule has 0 amide bonds. The lowest BCUT2D eigenvalue weighted by atomic mass is 10.00. The van der Waals surface area contributed by atoms with Crippen LogP contribution in [-0.2, 0) is 11.8 Å². The Morgan fingerprint density at radius 2 is 1.62 bits per heavy atom. The molecule has 2 aromatic heterocycles. The standard InChI is InChI=1S/C23H19N3O3/c1-15-19-13-18(14-24-22(19)26(2)25-15)23(28)29-21(17-11-7-4-8-12-17)20(27)16-9-5-3-6-10-16/h3-14,21H,1-2H3/t21-/m1/s1. The number of benzene rings is 2. The van der Waals surface area contributed by atoms with E-state index in [9.17, 15) is 9.59 Å². The van der Waals surface area contributed by atoms with E-state index in [0.29, 0.717) is 16.8 Å². The molecule has 6 heteroatoms. The smallest absolute Gasteiger partial charge is 0.340 e. The second kappa shape index (κ2) is 7.67. The molecule has 0 fully saturated rings. The Balaban J connectivity index is 1.68. The lowest BCUT2D eigenvalue weighted by molar-refractivity contribution is 0.0280. The topological polar surface area (TPSA) is 74.1 Å². The monoisotopic (exact) mass is 385 g/mol. The molecule has 0 radical (unpaired) electrons. The first kappa shape index (κ1) is 18.6. The van der Waals surface area contributed by atoms with Gasteiger partial charge in [0.15, 0.2) is 11.8 Å². The summed E-state index contributed by atoms with van der Waals surface area (Å²) in [7, 11) is 1.80. The van der Waals surface area contributed by atoms with Crippen LogP contribution in [0.4, 0.5) is 0 Å². The molecule has 1 atom stereocenters. The summed E-state index contributed by atoms with van der Waals surface area (Å²) in [6.07, 6.45) is 0.401. The highest BCUT2D eigenvalue weighted by molar-refractivity contribution is 6.02. The van der Waals surface area contributed by atoms with Crippen molar-refractivity contribution in [3.05, 3.63) is 95.3 Å². The Kier molecular flexibility index (Phi) is 4.91. The van der Waals surface area contributed by atoms with Gasteiger partial charge in [-0.05, 0) is 13.0 Å². The first-order valence-corrected chi connectivity index (χ1v) is 9.19. The van der Waals surface area contributed by atoms with Gasteiger partial charge in [-0.1, -0.05) is 60.7 Å². The number of pyridine rings is 1. The minimum absolute atomic E-state index is 0.274. The number of ketones is 1. The fourth-order valence-corrected chi connectivity index (χ4v) is 3.25. The lowest BCUT2D eigenvalue weighted by Crippen LogP contribution is -2.20. The average Bonchev–Trinajstić information content (AvgIpc) is 3.05. The van der Waals surface area contributed by atoms with E-state index in [-0.39, 0.29) is 11.3 Å². The molecular formula is C23H19N3O3. The van der Waals surface area contributed by atoms with Crippen LogP contribution in [0, 0.1) is 6.92 Å². The third kappa shape index (κ3) is 3.65. The molecule has 2 heterocycles. The molecule has 0 N–H and O–H groups in total. The van der Waals surface area contributed by atoms with Crippen LogP contribution in [-0.4, -0.2) is 26.5 Å². The summed E-state index contributed by atoms with van der Waals surface area (Å²) >= 11 is 0. The predicted octanol–water partition coefficient (Wildman–Crippen LogP) is 4.06. The van der Waals surface area contributed by atoms with Crippen molar-refractivity contribution in [2.75, 3.05) is 0 Å². The fraction of sp³-hybridized carbons (Fsp3) is 0.130. The molecule has 0 aliphatic heterocycles. The highest BCUT2D eigenvalue weighted by atomic mass is 16.5. The van der Waals surface area contributed by atoms with Crippen LogP contribution in [0.5, 0.6) is 0 Å². The molecule has 0 spiro atoms. The van der Waals surface area contributed by atoms with Crippen LogP contribution in [0.15, 0.2) is 72.9 Å². The van der Waals surface area contributed by atoms with Gasteiger partial charge in [-0.2, -0.15) is 5.10 Å². The number of aryl methyl sites for hydroxylation is 2. The Labute approximate surface area is 167 Å². The average molecular weight is 385 g/mol. The molecule has 0 saturated heterocycles. The van der Waals surface area contributed by atoms with E-state index >= 15 is 0 Å². The number of nitrogens with zero attached hydrogens (tertiary/aromatic N) is 3. The van der Waals surface area contributed by atoms with Gasteiger partial charge in [0.1, 0.15) is 0 Å². The number of hydrogen-bond donors (Lipinski definition) is 0. The van der Waals surface area contributed by atoms with Gasteiger partial charge in [-0.15, -0.1) is 0 Å². The van der Waals surface area contributed by atoms with E-state index in [0.717, 1.165) is 11.1 Å². The van der Waals surface area contributed by atoms with E-state index in [1.165, 1.54) is 6.20 Å². The number of esters is 1. The van der Waals surface area contributed by atoms with Gasteiger partial charge in [0.2, 0.25) is 5.78 Å². The molecule has 0 saturated carbocycles. The first-order chi connectivity index (χ1) is 14.0. The zero-order chi connectivity index (χ0) is 20.4. The van der Waals surface area contributed by atoms with Crippen molar-refractivity contribution < 1.29 is 14.3 Å². The zero-order valence-corrected chi connectivity index (χ0v) is 16.1. The Bertz CT molecular complexity index is 1180. The SMILES string of the molecule is Cc1nn(C)c2ncc(C(=O)O[C@@H](C(=O)c3ccccc3)c3ccccc3)cc12. The Morgan fingerprint density at radius 3 is 2.31 bits per heavy atom. The highest BCUT2D eigenvalue weighted by Gasteiger charge is 2.27. The van der Waals surface area contributed by atoms with E-state index in [4.69, 9.17) is 4.74 Å². The maximum absolute atomic E-state index is 13.1. The number of rotatable bonds is 5. The second-order valence-electron chi connectivity index (χ2n) is 6.73. The lowest BCUT2D eigenvalue weighted by Gasteiger charge is -2.17. The van der Waals surface area contributed by atoms with Crippen LogP contribution in [0.2, 0.25) is 0 Å². The van der Waals surface area contributed by atoms with E-state index in [2.05, 4.69) is 10.1 Å². The molecule has 6 nitrogen and oxygen atoms in total. The molecule has 0 bridgehead atoms. The van der Waals surface area contributed by atoms with E-state index < -0.39 is 12.1 Å². The van der Waals surface area contributed by atoms with Gasteiger partial charge in [0.05, 0.1) is 11.3 Å². The van der Waals surface area contributed by atoms with Crippen molar-refractivity contribution >= 4 is 22.8 Å². The molecule has 0 aliphatic rings. The fourth-order valence-electron chi connectivity index (χ4n) is 3.25. The molecule has 4 aromatic rings. The molecule has 0 unspecified atom stereocenters. The van der Waals surface area contributed by atoms with Crippen LogP contribution < -0.4 is 0 Å². The molecule has 29 heavy (non-hydrogen) atoms. The van der Waals surface area contributed by atoms with Gasteiger partial charge in [0.25, 0.3) is 0 Å². The maximum Gasteiger partial charge on any atom is 0.340 e. The van der Waals surface area contributed by atoms with Gasteiger partial charge >= 0.3 is 5.97 Å². The van der Waals surface area contributed by atoms with Gasteiger partial charge in [-0.3, -0.25) is 9.48 Å². The van der Waals surface area contributed by atoms with Gasteiger partial charge < -0.3 is 4.74 Å². The van der Waals surface area contributed by atoms with Crippen molar-refractivity contribution in [1.29, 1.82) is 0 Å². The van der Waals surface area contributed by atoms with E-state index in [1.807, 2.05) is 19.1 Å². The number of ether oxygens (including phenoxy) is 1. The quantitative estimate of drug-likeness (QED) is 0.383. The number of carbonyl (C=O) groups excluding carboxylic acids is 2. The number of aromatic nitrogens is 3. The van der Waals surface area contributed by atoms with Crippen LogP contribution in [0.1, 0.15) is 38.1 Å².